The van der Waals surface area contributed by atoms with Gasteiger partial charge in [-0.05, 0) is 18.5 Å². The molecule has 0 aliphatic carbocycles. The Morgan fingerprint density at radius 2 is 2.33 bits per heavy atom. The summed E-state index contributed by atoms with van der Waals surface area (Å²) in [4.78, 5) is 0. The van der Waals surface area contributed by atoms with E-state index < -0.39 is 10.0 Å². The molecule has 0 aromatic heterocycles. The molecule has 88 valence electrons. The first-order chi connectivity index (χ1) is 6.95. The van der Waals surface area contributed by atoms with E-state index in [1.54, 1.807) is 0 Å². The average molecular weight is 234 g/mol. The minimum atomic E-state index is -3.13. The average Bonchev–Trinajstić information content (AvgIpc) is 2.17. The third-order valence-electron chi connectivity index (χ3n) is 2.42. The molecule has 0 spiro atoms. The molecule has 0 unspecified atom stereocenters. The summed E-state index contributed by atoms with van der Waals surface area (Å²) in [6.45, 7) is 5.57. The fraction of sp³-hybridized carbons (Fsp3) is 0.778. The van der Waals surface area contributed by atoms with Crippen LogP contribution in [0, 0.1) is 0 Å². The van der Waals surface area contributed by atoms with Crippen LogP contribution in [0.25, 0.3) is 0 Å². The van der Waals surface area contributed by atoms with E-state index in [2.05, 4.69) is 6.58 Å². The van der Waals surface area contributed by atoms with Crippen molar-refractivity contribution in [3.05, 3.63) is 12.2 Å². The number of nitrogens with zero attached hydrogens (tertiary/aromatic N) is 1. The van der Waals surface area contributed by atoms with E-state index in [4.69, 9.17) is 10.5 Å². The van der Waals surface area contributed by atoms with Crippen LogP contribution in [-0.2, 0) is 14.8 Å². The summed E-state index contributed by atoms with van der Waals surface area (Å²) in [5.41, 5.74) is 6.27. The van der Waals surface area contributed by atoms with Crippen molar-refractivity contribution in [1.29, 1.82) is 0 Å². The Hall–Kier alpha value is -0.430. The lowest BCUT2D eigenvalue weighted by atomic mass is 10.1. The van der Waals surface area contributed by atoms with Gasteiger partial charge >= 0.3 is 0 Å². The van der Waals surface area contributed by atoms with Crippen molar-refractivity contribution in [2.45, 2.75) is 12.5 Å². The summed E-state index contributed by atoms with van der Waals surface area (Å²) in [7, 11) is -3.13. The quantitative estimate of drug-likeness (QED) is 0.669. The number of nitrogens with two attached hydrogens (primary N) is 1. The van der Waals surface area contributed by atoms with Gasteiger partial charge in [0.1, 0.15) is 0 Å². The van der Waals surface area contributed by atoms with Crippen LogP contribution in [0.3, 0.4) is 0 Å². The zero-order valence-corrected chi connectivity index (χ0v) is 9.79. The van der Waals surface area contributed by atoms with E-state index in [0.717, 1.165) is 5.57 Å². The second kappa shape index (κ2) is 5.07. The maximum absolute atomic E-state index is 11.3. The monoisotopic (exact) mass is 234 g/mol. The van der Waals surface area contributed by atoms with E-state index >= 15 is 0 Å². The molecule has 5 nitrogen and oxygen atoms in total. The maximum Gasteiger partial charge on any atom is 0.211 e. The normalized spacial score (nSPS) is 24.0. The Bertz CT molecular complexity index is 326. The third kappa shape index (κ3) is 3.57. The Morgan fingerprint density at radius 1 is 1.67 bits per heavy atom. The first-order valence-corrected chi connectivity index (χ1v) is 6.74. The Balaban J connectivity index is 2.60. The van der Waals surface area contributed by atoms with Crippen molar-refractivity contribution in [2.24, 2.45) is 5.73 Å². The molecule has 0 aromatic rings. The molecule has 1 aliphatic heterocycles. The zero-order valence-electron chi connectivity index (χ0n) is 8.98. The largest absolute Gasteiger partial charge is 0.371 e. The molecule has 0 amide bonds. The van der Waals surface area contributed by atoms with Crippen LogP contribution in [0.4, 0.5) is 0 Å². The van der Waals surface area contributed by atoms with Gasteiger partial charge in [0, 0.05) is 13.1 Å². The molecule has 1 saturated heterocycles. The molecule has 1 aliphatic rings. The van der Waals surface area contributed by atoms with E-state index in [1.165, 1.54) is 10.6 Å². The number of ether oxygens (including phenoxy) is 1. The Morgan fingerprint density at radius 3 is 2.87 bits per heavy atom. The standard InChI is InChI=1S/C9H18N2O3S/c1-8(3-4-10)9-7-11(5-6-14-9)15(2,12)13/h9H,1,3-7,10H2,2H3/t9-/m0/s1. The molecule has 0 saturated carbocycles. The SMILES string of the molecule is C=C(CCN)[C@@H]1CN(S(C)(=O)=O)CCO1. The molecule has 1 atom stereocenters. The molecule has 1 fully saturated rings. The molecule has 0 bridgehead atoms. The summed E-state index contributed by atoms with van der Waals surface area (Å²) < 4.78 is 29.5. The van der Waals surface area contributed by atoms with Crippen molar-refractivity contribution in [2.75, 3.05) is 32.5 Å². The highest BCUT2D eigenvalue weighted by atomic mass is 32.2. The second-order valence-electron chi connectivity index (χ2n) is 3.68. The van der Waals surface area contributed by atoms with Gasteiger partial charge in [-0.2, -0.15) is 4.31 Å². The second-order valence-corrected chi connectivity index (χ2v) is 5.66. The highest BCUT2D eigenvalue weighted by Crippen LogP contribution is 2.16. The zero-order chi connectivity index (χ0) is 11.5. The van der Waals surface area contributed by atoms with Crippen LogP contribution in [-0.4, -0.2) is 51.3 Å². The van der Waals surface area contributed by atoms with Gasteiger partial charge in [-0.1, -0.05) is 6.58 Å². The topological polar surface area (TPSA) is 72.6 Å². The van der Waals surface area contributed by atoms with Crippen molar-refractivity contribution in [3.63, 3.8) is 0 Å². The predicted molar refractivity (Wildman–Crippen MR) is 59.0 cm³/mol. The van der Waals surface area contributed by atoms with Gasteiger partial charge in [-0.15, -0.1) is 0 Å². The fourth-order valence-corrected chi connectivity index (χ4v) is 2.33. The molecular weight excluding hydrogens is 216 g/mol. The van der Waals surface area contributed by atoms with Gasteiger partial charge in [0.15, 0.2) is 0 Å². The fourth-order valence-electron chi connectivity index (χ4n) is 1.52. The number of rotatable bonds is 4. The highest BCUT2D eigenvalue weighted by molar-refractivity contribution is 7.88. The lowest BCUT2D eigenvalue weighted by Gasteiger charge is -2.32. The van der Waals surface area contributed by atoms with Crippen LogP contribution < -0.4 is 5.73 Å². The minimum Gasteiger partial charge on any atom is -0.371 e. The third-order valence-corrected chi connectivity index (χ3v) is 3.69. The lowest BCUT2D eigenvalue weighted by Crippen LogP contribution is -2.45. The molecule has 0 radical (unpaired) electrons. The van der Waals surface area contributed by atoms with Gasteiger partial charge in [0.2, 0.25) is 10.0 Å². The van der Waals surface area contributed by atoms with Gasteiger partial charge in [-0.25, -0.2) is 8.42 Å². The van der Waals surface area contributed by atoms with E-state index in [-0.39, 0.29) is 6.10 Å². The summed E-state index contributed by atoms with van der Waals surface area (Å²) in [5.74, 6) is 0. The van der Waals surface area contributed by atoms with Crippen LogP contribution in [0.1, 0.15) is 6.42 Å². The van der Waals surface area contributed by atoms with Gasteiger partial charge in [0.25, 0.3) is 0 Å². The van der Waals surface area contributed by atoms with E-state index in [0.29, 0.717) is 32.7 Å². The molecule has 6 heteroatoms. The Kier molecular flexibility index (Phi) is 4.27. The smallest absolute Gasteiger partial charge is 0.211 e. The number of hydrogen-bond acceptors (Lipinski definition) is 4. The summed E-state index contributed by atoms with van der Waals surface area (Å²) in [6.07, 6.45) is 1.67. The van der Waals surface area contributed by atoms with Crippen molar-refractivity contribution >= 4 is 10.0 Å². The van der Waals surface area contributed by atoms with Crippen LogP contribution in [0.2, 0.25) is 0 Å². The molecule has 0 aromatic carbocycles. The van der Waals surface area contributed by atoms with Crippen molar-refractivity contribution < 1.29 is 13.2 Å². The van der Waals surface area contributed by atoms with Crippen LogP contribution >= 0.6 is 0 Å². The number of hydrogen-bond donors (Lipinski definition) is 1. The van der Waals surface area contributed by atoms with Crippen LogP contribution in [0.15, 0.2) is 12.2 Å². The molecule has 2 N–H and O–H groups in total. The van der Waals surface area contributed by atoms with Gasteiger partial charge < -0.3 is 10.5 Å². The summed E-state index contributed by atoms with van der Waals surface area (Å²) >= 11 is 0. The van der Waals surface area contributed by atoms with Gasteiger partial charge in [-0.3, -0.25) is 0 Å². The lowest BCUT2D eigenvalue weighted by molar-refractivity contribution is 0.0191. The molecule has 15 heavy (non-hydrogen) atoms. The maximum atomic E-state index is 11.3. The van der Waals surface area contributed by atoms with Gasteiger partial charge in [0.05, 0.1) is 19.0 Å². The van der Waals surface area contributed by atoms with E-state index in [1.807, 2.05) is 0 Å². The predicted octanol–water partition coefficient (Wildman–Crippen LogP) is -0.448. The number of sulfonamides is 1. The first kappa shape index (κ1) is 12.6. The Labute approximate surface area is 90.9 Å². The number of morpholine rings is 1. The molecular formula is C9H18N2O3S. The highest BCUT2D eigenvalue weighted by Gasteiger charge is 2.27. The van der Waals surface area contributed by atoms with Crippen molar-refractivity contribution in [1.82, 2.24) is 4.31 Å². The summed E-state index contributed by atoms with van der Waals surface area (Å²) in [6, 6.07) is 0. The molecule has 1 rings (SSSR count). The van der Waals surface area contributed by atoms with E-state index in [9.17, 15) is 8.42 Å². The van der Waals surface area contributed by atoms with Crippen molar-refractivity contribution in [3.8, 4) is 0 Å². The first-order valence-electron chi connectivity index (χ1n) is 4.89. The van der Waals surface area contributed by atoms with Crippen LogP contribution in [0.5, 0.6) is 0 Å². The summed E-state index contributed by atoms with van der Waals surface area (Å²) in [5, 5.41) is 0. The minimum absolute atomic E-state index is 0.211. The molecule has 1 heterocycles.